The molecule has 3 rings (SSSR count). The summed E-state index contributed by atoms with van der Waals surface area (Å²) in [6.45, 7) is 5.17. The number of rotatable bonds is 3. The Morgan fingerprint density at radius 3 is 2.63 bits per heavy atom. The second kappa shape index (κ2) is 5.65. The fourth-order valence-electron chi connectivity index (χ4n) is 3.61. The van der Waals surface area contributed by atoms with Gasteiger partial charge in [-0.2, -0.15) is 0 Å². The van der Waals surface area contributed by atoms with E-state index in [2.05, 4.69) is 12.2 Å². The van der Waals surface area contributed by atoms with E-state index in [0.717, 1.165) is 32.6 Å². The van der Waals surface area contributed by atoms with Gasteiger partial charge < -0.3 is 10.1 Å². The van der Waals surface area contributed by atoms with Crippen molar-refractivity contribution in [2.24, 2.45) is 10.4 Å². The molecular weight excluding hydrogens is 256 g/mol. The maximum absolute atomic E-state index is 5.48. The number of hydrogen-bond acceptors (Lipinski definition) is 3. The van der Waals surface area contributed by atoms with E-state index in [9.17, 15) is 0 Å². The molecule has 3 fully saturated rings. The van der Waals surface area contributed by atoms with Gasteiger partial charge in [0.25, 0.3) is 0 Å². The molecule has 0 atom stereocenters. The number of nitrogens with one attached hydrogen (secondary N) is 1. The quantitative estimate of drug-likeness (QED) is 0.863. The highest BCUT2D eigenvalue weighted by Gasteiger charge is 2.39. The highest BCUT2D eigenvalue weighted by atomic mass is 32.2. The molecule has 0 amide bonds. The van der Waals surface area contributed by atoms with Crippen molar-refractivity contribution < 1.29 is 4.74 Å². The lowest BCUT2D eigenvalue weighted by Crippen LogP contribution is -2.48. The van der Waals surface area contributed by atoms with Crippen molar-refractivity contribution >= 4 is 16.9 Å². The van der Waals surface area contributed by atoms with Gasteiger partial charge in [-0.1, -0.05) is 31.5 Å². The molecule has 0 bridgehead atoms. The molecule has 1 N–H and O–H groups in total. The van der Waals surface area contributed by atoms with Crippen LogP contribution in [0.25, 0.3) is 0 Å². The van der Waals surface area contributed by atoms with E-state index in [0.29, 0.717) is 5.41 Å². The fourth-order valence-corrected chi connectivity index (χ4v) is 4.83. The summed E-state index contributed by atoms with van der Waals surface area (Å²) in [5, 5.41) is 4.90. The first-order chi connectivity index (χ1) is 9.26. The smallest absolute Gasteiger partial charge is 0.157 e. The van der Waals surface area contributed by atoms with Crippen LogP contribution >= 0.6 is 11.8 Å². The van der Waals surface area contributed by atoms with Crippen LogP contribution in [0.2, 0.25) is 0 Å². The van der Waals surface area contributed by atoms with Gasteiger partial charge in [0, 0.05) is 25.5 Å². The zero-order chi connectivity index (χ0) is 13.2. The Bertz CT molecular complexity index is 344. The van der Waals surface area contributed by atoms with Crippen LogP contribution < -0.4 is 5.32 Å². The number of amidine groups is 1. The van der Waals surface area contributed by atoms with Gasteiger partial charge in [0.2, 0.25) is 0 Å². The number of thioether (sulfide) groups is 1. The molecule has 1 spiro atoms. The third-order valence-electron chi connectivity index (χ3n) is 5.28. The third-order valence-corrected chi connectivity index (χ3v) is 6.48. The molecule has 3 aliphatic rings. The maximum Gasteiger partial charge on any atom is 0.157 e. The molecular formula is C15H26N2OS. The molecule has 0 radical (unpaired) electrons. The molecule has 0 aromatic carbocycles. The van der Waals surface area contributed by atoms with Gasteiger partial charge in [0.15, 0.2) is 5.17 Å². The van der Waals surface area contributed by atoms with Gasteiger partial charge in [-0.15, -0.1) is 0 Å². The van der Waals surface area contributed by atoms with Crippen LogP contribution in [0.5, 0.6) is 0 Å². The summed E-state index contributed by atoms with van der Waals surface area (Å²) in [6.07, 6.45) is 9.12. The SMILES string of the molecule is CCC1(CN=C2NC3(CCOCC3)CS2)CCCC1. The normalized spacial score (nSPS) is 30.9. The second-order valence-corrected chi connectivity index (χ2v) is 7.45. The summed E-state index contributed by atoms with van der Waals surface area (Å²) in [5.74, 6) is 1.17. The van der Waals surface area contributed by atoms with Crippen LogP contribution in [0.1, 0.15) is 51.9 Å². The molecule has 0 aromatic heterocycles. The fraction of sp³-hybridized carbons (Fsp3) is 0.933. The predicted octanol–water partition coefficient (Wildman–Crippen LogP) is 3.20. The Kier molecular flexibility index (Phi) is 4.08. The average molecular weight is 282 g/mol. The lowest BCUT2D eigenvalue weighted by atomic mass is 9.84. The van der Waals surface area contributed by atoms with Crippen LogP contribution in [0.4, 0.5) is 0 Å². The topological polar surface area (TPSA) is 33.6 Å². The molecule has 108 valence electrons. The number of aliphatic imine (C=N–C) groups is 1. The first kappa shape index (κ1) is 13.7. The number of ether oxygens (including phenoxy) is 1. The lowest BCUT2D eigenvalue weighted by Gasteiger charge is -2.32. The first-order valence-electron chi connectivity index (χ1n) is 7.79. The number of nitrogens with zero attached hydrogens (tertiary/aromatic N) is 1. The van der Waals surface area contributed by atoms with Crippen LogP contribution in [-0.4, -0.2) is 36.2 Å². The standard InChI is InChI=1S/C15H26N2OS/c1-2-14(5-3-4-6-14)11-16-13-17-15(12-19-13)7-9-18-10-8-15/h2-12H2,1H3,(H,16,17). The van der Waals surface area contributed by atoms with E-state index < -0.39 is 0 Å². The van der Waals surface area contributed by atoms with Crippen molar-refractivity contribution in [3.05, 3.63) is 0 Å². The molecule has 4 heteroatoms. The molecule has 2 aliphatic heterocycles. The second-order valence-electron chi connectivity index (χ2n) is 6.49. The van der Waals surface area contributed by atoms with Crippen molar-refractivity contribution in [2.75, 3.05) is 25.5 Å². The predicted molar refractivity (Wildman–Crippen MR) is 81.9 cm³/mol. The van der Waals surface area contributed by atoms with Crippen molar-refractivity contribution in [1.82, 2.24) is 5.32 Å². The van der Waals surface area contributed by atoms with Gasteiger partial charge in [-0.3, -0.25) is 4.99 Å². The molecule has 19 heavy (non-hydrogen) atoms. The van der Waals surface area contributed by atoms with Gasteiger partial charge in [0.1, 0.15) is 0 Å². The Morgan fingerprint density at radius 1 is 1.21 bits per heavy atom. The number of hydrogen-bond donors (Lipinski definition) is 1. The van der Waals surface area contributed by atoms with Gasteiger partial charge in [-0.05, 0) is 37.5 Å². The molecule has 0 aromatic rings. The largest absolute Gasteiger partial charge is 0.381 e. The van der Waals surface area contributed by atoms with E-state index >= 15 is 0 Å². The Labute approximate surface area is 121 Å². The highest BCUT2D eigenvalue weighted by Crippen LogP contribution is 2.41. The van der Waals surface area contributed by atoms with Gasteiger partial charge >= 0.3 is 0 Å². The Hall–Kier alpha value is -0.220. The molecule has 0 unspecified atom stereocenters. The zero-order valence-corrected chi connectivity index (χ0v) is 12.9. The minimum Gasteiger partial charge on any atom is -0.381 e. The zero-order valence-electron chi connectivity index (χ0n) is 12.0. The third kappa shape index (κ3) is 2.94. The Balaban J connectivity index is 1.59. The van der Waals surface area contributed by atoms with Crippen molar-refractivity contribution in [3.8, 4) is 0 Å². The minimum absolute atomic E-state index is 0.288. The molecule has 3 nitrogen and oxygen atoms in total. The summed E-state index contributed by atoms with van der Waals surface area (Å²) >= 11 is 1.92. The van der Waals surface area contributed by atoms with E-state index in [4.69, 9.17) is 9.73 Å². The summed E-state index contributed by atoms with van der Waals surface area (Å²) in [5.41, 5.74) is 0.803. The van der Waals surface area contributed by atoms with Gasteiger partial charge in [-0.25, -0.2) is 0 Å². The lowest BCUT2D eigenvalue weighted by molar-refractivity contribution is 0.0555. The summed E-state index contributed by atoms with van der Waals surface area (Å²) in [7, 11) is 0. The molecule has 2 saturated heterocycles. The van der Waals surface area contributed by atoms with Crippen LogP contribution in [0.3, 0.4) is 0 Å². The van der Waals surface area contributed by atoms with Crippen molar-refractivity contribution in [2.45, 2.75) is 57.4 Å². The molecule has 1 aliphatic carbocycles. The summed E-state index contributed by atoms with van der Waals surface area (Å²) in [4.78, 5) is 4.93. The average Bonchev–Trinajstić information content (AvgIpc) is 3.06. The van der Waals surface area contributed by atoms with Crippen molar-refractivity contribution in [1.29, 1.82) is 0 Å². The Morgan fingerprint density at radius 2 is 1.95 bits per heavy atom. The summed E-state index contributed by atoms with van der Waals surface area (Å²) in [6, 6.07) is 0. The van der Waals surface area contributed by atoms with Crippen LogP contribution in [-0.2, 0) is 4.74 Å². The molecule has 1 saturated carbocycles. The van der Waals surface area contributed by atoms with E-state index in [1.165, 1.54) is 43.0 Å². The van der Waals surface area contributed by atoms with Crippen LogP contribution in [0.15, 0.2) is 4.99 Å². The van der Waals surface area contributed by atoms with E-state index in [1.807, 2.05) is 11.8 Å². The van der Waals surface area contributed by atoms with Gasteiger partial charge in [0.05, 0.1) is 5.54 Å². The highest BCUT2D eigenvalue weighted by molar-refractivity contribution is 8.14. The minimum atomic E-state index is 0.288. The first-order valence-corrected chi connectivity index (χ1v) is 8.78. The van der Waals surface area contributed by atoms with Crippen LogP contribution in [0, 0.1) is 5.41 Å². The summed E-state index contributed by atoms with van der Waals surface area (Å²) < 4.78 is 5.48. The van der Waals surface area contributed by atoms with E-state index in [1.54, 1.807) is 0 Å². The van der Waals surface area contributed by atoms with E-state index in [-0.39, 0.29) is 5.54 Å². The maximum atomic E-state index is 5.48. The molecule has 2 heterocycles. The van der Waals surface area contributed by atoms with Crippen molar-refractivity contribution in [3.63, 3.8) is 0 Å². The monoisotopic (exact) mass is 282 g/mol.